The Morgan fingerprint density at radius 1 is 0.800 bits per heavy atom. The van der Waals surface area contributed by atoms with E-state index in [-0.39, 0.29) is 5.78 Å². The maximum absolute atomic E-state index is 9.44. The number of ketones is 1. The molecule has 10 heavy (non-hydrogen) atoms. The van der Waals surface area contributed by atoms with Crippen LogP contribution in [0.2, 0.25) is 0 Å². The summed E-state index contributed by atoms with van der Waals surface area (Å²) in [6.07, 6.45) is 0. The predicted molar refractivity (Wildman–Crippen MR) is 42.8 cm³/mol. The first kappa shape index (κ1) is 8.89. The predicted octanol–water partition coefficient (Wildman–Crippen LogP) is 2.28. The number of carbonyl (C=O) groups excluding carboxylic acids is 1. The van der Waals surface area contributed by atoms with E-state index in [4.69, 9.17) is 0 Å². The van der Waals surface area contributed by atoms with Gasteiger partial charge >= 0.3 is 0 Å². The van der Waals surface area contributed by atoms with Crippen LogP contribution in [0, 0.1) is 0 Å². The number of hydrogen-bond donors (Lipinski definition) is 0. The van der Waals surface area contributed by atoms with Gasteiger partial charge in [0, 0.05) is 0 Å². The molecule has 0 amide bonds. The van der Waals surface area contributed by atoms with E-state index in [0.29, 0.717) is 0 Å². The summed E-state index contributed by atoms with van der Waals surface area (Å²) >= 11 is 0. The van der Waals surface area contributed by atoms with Crippen LogP contribution < -0.4 is 0 Å². The number of hydrogen-bond acceptors (Lipinski definition) is 1. The summed E-state index contributed by atoms with van der Waals surface area (Å²) < 4.78 is 0. The Morgan fingerprint density at radius 2 is 0.900 bits per heavy atom. The lowest BCUT2D eigenvalue weighted by atomic mass is 10.4. The van der Waals surface area contributed by atoms with Crippen molar-refractivity contribution in [3.8, 4) is 0 Å². The summed E-state index contributed by atoms with van der Waals surface area (Å²) in [5, 5.41) is 0. The van der Waals surface area contributed by atoms with Gasteiger partial charge in [0.05, 0.1) is 0 Å². The van der Waals surface area contributed by atoms with Gasteiger partial charge in [-0.2, -0.15) is 0 Å². The van der Waals surface area contributed by atoms with Crippen molar-refractivity contribution in [2.24, 2.45) is 0 Å². The first-order chi connectivity index (χ1) is 4.73. The molecule has 1 heteroatoms. The molecule has 0 heterocycles. The van der Waals surface area contributed by atoms with Crippen LogP contribution in [0.15, 0.2) is 36.4 Å². The SMILES string of the molecule is CC(C)=O.c1ccccc1. The number of benzene rings is 1. The number of Topliss-reactive ketones (excluding diaryl/α,β-unsaturated/α-hetero) is 1. The summed E-state index contributed by atoms with van der Waals surface area (Å²) in [6, 6.07) is 12.0. The first-order valence-electron chi connectivity index (χ1n) is 3.20. The molecule has 0 unspecified atom stereocenters. The molecule has 0 aromatic heterocycles. The molecule has 0 aliphatic carbocycles. The van der Waals surface area contributed by atoms with E-state index < -0.39 is 0 Å². The molecule has 0 atom stereocenters. The van der Waals surface area contributed by atoms with Crippen LogP contribution in [-0.4, -0.2) is 5.78 Å². The molecule has 0 saturated carbocycles. The van der Waals surface area contributed by atoms with Gasteiger partial charge < -0.3 is 4.79 Å². The van der Waals surface area contributed by atoms with Crippen molar-refractivity contribution < 1.29 is 4.79 Å². The maximum Gasteiger partial charge on any atom is 0.126 e. The molecule has 0 spiro atoms. The summed E-state index contributed by atoms with van der Waals surface area (Å²) in [7, 11) is 0. The molecule has 1 rings (SSSR count). The minimum absolute atomic E-state index is 0.167. The number of rotatable bonds is 0. The Labute approximate surface area is 61.7 Å². The van der Waals surface area contributed by atoms with Gasteiger partial charge in [0.1, 0.15) is 5.78 Å². The Morgan fingerprint density at radius 3 is 1.00 bits per heavy atom. The summed E-state index contributed by atoms with van der Waals surface area (Å²) in [4.78, 5) is 9.44. The maximum atomic E-state index is 9.44. The zero-order chi connectivity index (χ0) is 7.82. The molecule has 0 N–H and O–H groups in total. The van der Waals surface area contributed by atoms with Crippen LogP contribution >= 0.6 is 0 Å². The molecule has 0 bridgehead atoms. The summed E-state index contributed by atoms with van der Waals surface area (Å²) in [5.41, 5.74) is 0. The standard InChI is InChI=1S/C6H6.C3H6O/c1-2-4-6-5-3-1;1-3(2)4/h1-6H;1-2H3. The molecule has 0 saturated heterocycles. The summed E-state index contributed by atoms with van der Waals surface area (Å²) in [6.45, 7) is 3.06. The lowest BCUT2D eigenvalue weighted by Gasteiger charge is -1.69. The van der Waals surface area contributed by atoms with Gasteiger partial charge in [-0.25, -0.2) is 0 Å². The van der Waals surface area contributed by atoms with Crippen molar-refractivity contribution in [1.29, 1.82) is 0 Å². The average molecular weight is 136 g/mol. The van der Waals surface area contributed by atoms with Crippen LogP contribution in [0.1, 0.15) is 13.8 Å². The second kappa shape index (κ2) is 6.02. The van der Waals surface area contributed by atoms with Crippen LogP contribution in [0.3, 0.4) is 0 Å². The normalized spacial score (nSPS) is 7.40. The van der Waals surface area contributed by atoms with Gasteiger partial charge in [0.25, 0.3) is 0 Å². The molecule has 0 aliphatic heterocycles. The van der Waals surface area contributed by atoms with E-state index in [1.807, 2.05) is 36.4 Å². The molecule has 54 valence electrons. The Balaban J connectivity index is 0.000000180. The lowest BCUT2D eigenvalue weighted by molar-refractivity contribution is -0.114. The smallest absolute Gasteiger partial charge is 0.126 e. The van der Waals surface area contributed by atoms with E-state index in [9.17, 15) is 4.79 Å². The Kier molecular flexibility index (Phi) is 5.35. The first-order valence-corrected chi connectivity index (χ1v) is 3.20. The Hall–Kier alpha value is -1.11. The minimum Gasteiger partial charge on any atom is -0.300 e. The zero-order valence-corrected chi connectivity index (χ0v) is 6.37. The van der Waals surface area contributed by atoms with Gasteiger partial charge in [0.15, 0.2) is 0 Å². The fourth-order valence-electron chi connectivity index (χ4n) is 0.385. The van der Waals surface area contributed by atoms with Crippen molar-refractivity contribution >= 4 is 5.78 Å². The van der Waals surface area contributed by atoms with Crippen molar-refractivity contribution in [3.63, 3.8) is 0 Å². The lowest BCUT2D eigenvalue weighted by Crippen LogP contribution is -1.69. The Bertz CT molecular complexity index is 137. The largest absolute Gasteiger partial charge is 0.300 e. The quantitative estimate of drug-likeness (QED) is 0.534. The topological polar surface area (TPSA) is 17.1 Å². The molecule has 0 fully saturated rings. The van der Waals surface area contributed by atoms with Crippen LogP contribution in [0.4, 0.5) is 0 Å². The van der Waals surface area contributed by atoms with E-state index in [0.717, 1.165) is 0 Å². The van der Waals surface area contributed by atoms with Gasteiger partial charge in [-0.3, -0.25) is 0 Å². The highest BCUT2D eigenvalue weighted by atomic mass is 16.1. The molecule has 1 aromatic carbocycles. The molecule has 1 nitrogen and oxygen atoms in total. The third-order valence-electron chi connectivity index (χ3n) is 0.667. The molecular weight excluding hydrogens is 124 g/mol. The molecule has 0 radical (unpaired) electrons. The van der Waals surface area contributed by atoms with Crippen molar-refractivity contribution in [3.05, 3.63) is 36.4 Å². The van der Waals surface area contributed by atoms with Crippen molar-refractivity contribution in [2.75, 3.05) is 0 Å². The van der Waals surface area contributed by atoms with Crippen LogP contribution in [0.25, 0.3) is 0 Å². The molecule has 0 aliphatic rings. The number of carbonyl (C=O) groups is 1. The van der Waals surface area contributed by atoms with Crippen LogP contribution in [-0.2, 0) is 4.79 Å². The van der Waals surface area contributed by atoms with Gasteiger partial charge in [-0.1, -0.05) is 36.4 Å². The van der Waals surface area contributed by atoms with Crippen LogP contribution in [0.5, 0.6) is 0 Å². The van der Waals surface area contributed by atoms with Gasteiger partial charge in [0.2, 0.25) is 0 Å². The zero-order valence-electron chi connectivity index (χ0n) is 6.37. The van der Waals surface area contributed by atoms with Crippen molar-refractivity contribution in [2.45, 2.75) is 13.8 Å². The second-order valence-corrected chi connectivity index (χ2v) is 2.06. The highest BCUT2D eigenvalue weighted by Crippen LogP contribution is 1.79. The average Bonchev–Trinajstić information content (AvgIpc) is 1.90. The van der Waals surface area contributed by atoms with Crippen molar-refractivity contribution in [1.82, 2.24) is 0 Å². The van der Waals surface area contributed by atoms with Gasteiger partial charge in [-0.05, 0) is 13.8 Å². The highest BCUT2D eigenvalue weighted by Gasteiger charge is 1.62. The van der Waals surface area contributed by atoms with Gasteiger partial charge in [-0.15, -0.1) is 0 Å². The van der Waals surface area contributed by atoms with E-state index in [1.165, 1.54) is 13.8 Å². The monoisotopic (exact) mass is 136 g/mol. The second-order valence-electron chi connectivity index (χ2n) is 2.06. The highest BCUT2D eigenvalue weighted by molar-refractivity contribution is 5.72. The molecule has 1 aromatic rings. The molecular formula is C9H12O. The third kappa shape index (κ3) is 10.00. The van der Waals surface area contributed by atoms with E-state index in [1.54, 1.807) is 0 Å². The third-order valence-corrected chi connectivity index (χ3v) is 0.667. The van der Waals surface area contributed by atoms with E-state index >= 15 is 0 Å². The van der Waals surface area contributed by atoms with E-state index in [2.05, 4.69) is 0 Å². The summed E-state index contributed by atoms with van der Waals surface area (Å²) in [5.74, 6) is 0.167. The fourth-order valence-corrected chi connectivity index (χ4v) is 0.385. The minimum atomic E-state index is 0.167. The fraction of sp³-hybridized carbons (Fsp3) is 0.222.